The van der Waals surface area contributed by atoms with E-state index < -0.39 is 0 Å². The van der Waals surface area contributed by atoms with Crippen molar-refractivity contribution in [2.24, 2.45) is 29.1 Å². The summed E-state index contributed by atoms with van der Waals surface area (Å²) in [7, 11) is 1.94. The number of aliphatic hydroxyl groups excluding tert-OH is 1. The molecule has 1 amide bonds. The molecule has 0 bridgehead atoms. The van der Waals surface area contributed by atoms with Crippen molar-refractivity contribution in [2.45, 2.75) is 117 Å². The van der Waals surface area contributed by atoms with Crippen molar-refractivity contribution < 1.29 is 14.7 Å². The van der Waals surface area contributed by atoms with E-state index in [0.717, 1.165) is 51.5 Å². The van der Waals surface area contributed by atoms with E-state index in [9.17, 15) is 14.7 Å². The van der Waals surface area contributed by atoms with Gasteiger partial charge in [-0.2, -0.15) is 0 Å². The van der Waals surface area contributed by atoms with E-state index in [1.165, 1.54) is 56.1 Å². The summed E-state index contributed by atoms with van der Waals surface area (Å²) in [5.74, 6) is 3.03. The van der Waals surface area contributed by atoms with E-state index in [-0.39, 0.29) is 5.41 Å². The topological polar surface area (TPSA) is 57.6 Å². The Morgan fingerprint density at radius 3 is 2.55 bits per heavy atom. The quantitative estimate of drug-likeness (QED) is 0.185. The van der Waals surface area contributed by atoms with E-state index in [1.54, 1.807) is 0 Å². The lowest BCUT2D eigenvalue weighted by atomic mass is 9.51. The van der Waals surface area contributed by atoms with E-state index in [1.807, 2.05) is 18.0 Å². The summed E-state index contributed by atoms with van der Waals surface area (Å²) < 4.78 is 0. The number of hydrogen-bond donors (Lipinski definition) is 1. The first kappa shape index (κ1) is 28.9. The minimum Gasteiger partial charge on any atom is -0.504 e. The third-order valence-electron chi connectivity index (χ3n) is 10.2. The Kier molecular flexibility index (Phi) is 10.2. The average Bonchev–Trinajstić information content (AvgIpc) is 3.21. The first-order valence-electron chi connectivity index (χ1n) is 15.7. The summed E-state index contributed by atoms with van der Waals surface area (Å²) in [6.07, 6.45) is 24.0. The van der Waals surface area contributed by atoms with Gasteiger partial charge in [0, 0.05) is 31.8 Å². The molecule has 210 valence electrons. The Morgan fingerprint density at radius 1 is 1.11 bits per heavy atom. The van der Waals surface area contributed by atoms with Crippen molar-refractivity contribution in [1.82, 2.24) is 4.90 Å². The maximum absolute atomic E-state index is 12.8. The summed E-state index contributed by atoms with van der Waals surface area (Å²) in [6, 6.07) is 0. The predicted octanol–water partition coefficient (Wildman–Crippen LogP) is 8.25. The van der Waals surface area contributed by atoms with Crippen LogP contribution in [0.25, 0.3) is 0 Å². The Bertz CT molecular complexity index is 984. The van der Waals surface area contributed by atoms with Crippen LogP contribution in [0, 0.1) is 29.1 Å². The number of carbonyl (C=O) groups excluding carboxylic acids is 2. The van der Waals surface area contributed by atoms with Gasteiger partial charge in [-0.05, 0) is 79.9 Å². The van der Waals surface area contributed by atoms with Gasteiger partial charge in [-0.15, -0.1) is 0 Å². The number of unbranched alkanes of at least 4 members (excludes halogenated alkanes) is 8. The highest BCUT2D eigenvalue weighted by molar-refractivity contribution is 5.97. The smallest absolute Gasteiger partial charge is 0.222 e. The SMILES string of the molecule is CCCCN(C)C(=O)CCCCCCCCCC[C@@H]1CC2=C(C=C=C(O)C2)C2CC[C@]3(C)C(=O)C=CC3C21. The Morgan fingerprint density at radius 2 is 1.82 bits per heavy atom. The third-order valence-corrected chi connectivity index (χ3v) is 10.2. The zero-order valence-corrected chi connectivity index (χ0v) is 24.3. The van der Waals surface area contributed by atoms with Gasteiger partial charge >= 0.3 is 0 Å². The van der Waals surface area contributed by atoms with Crippen LogP contribution in [0.3, 0.4) is 0 Å². The minimum absolute atomic E-state index is 0.205. The van der Waals surface area contributed by atoms with Crippen molar-refractivity contribution in [3.05, 3.63) is 40.9 Å². The molecule has 0 radical (unpaired) electrons. The summed E-state index contributed by atoms with van der Waals surface area (Å²) in [5.41, 5.74) is 5.74. The molecule has 0 aromatic carbocycles. The largest absolute Gasteiger partial charge is 0.504 e. The molecular formula is C34H51NO3. The van der Waals surface area contributed by atoms with Crippen molar-refractivity contribution in [3.8, 4) is 0 Å². The van der Waals surface area contributed by atoms with Crippen LogP contribution in [-0.4, -0.2) is 35.3 Å². The van der Waals surface area contributed by atoms with Crippen molar-refractivity contribution in [1.29, 1.82) is 0 Å². The van der Waals surface area contributed by atoms with Crippen LogP contribution in [0.4, 0.5) is 0 Å². The number of fused-ring (bicyclic) bond motifs is 4. The second kappa shape index (κ2) is 13.3. The van der Waals surface area contributed by atoms with Gasteiger partial charge in [0.2, 0.25) is 5.91 Å². The van der Waals surface area contributed by atoms with Crippen molar-refractivity contribution in [3.63, 3.8) is 0 Å². The number of ketones is 1. The summed E-state index contributed by atoms with van der Waals surface area (Å²) in [6.45, 7) is 5.26. The highest BCUT2D eigenvalue weighted by Gasteiger charge is 2.55. The lowest BCUT2D eigenvalue weighted by molar-refractivity contribution is -0.130. The third kappa shape index (κ3) is 6.56. The highest BCUT2D eigenvalue weighted by Crippen LogP contribution is 2.59. The molecule has 0 aromatic rings. The molecule has 5 atom stereocenters. The maximum Gasteiger partial charge on any atom is 0.222 e. The van der Waals surface area contributed by atoms with Gasteiger partial charge in [0.1, 0.15) is 5.76 Å². The van der Waals surface area contributed by atoms with Crippen molar-refractivity contribution >= 4 is 11.7 Å². The van der Waals surface area contributed by atoms with Gasteiger partial charge < -0.3 is 10.0 Å². The zero-order valence-electron chi connectivity index (χ0n) is 24.3. The number of amides is 1. The molecule has 4 heteroatoms. The summed E-state index contributed by atoms with van der Waals surface area (Å²) in [4.78, 5) is 26.8. The molecule has 0 heterocycles. The predicted molar refractivity (Wildman–Crippen MR) is 155 cm³/mol. The molecule has 0 spiro atoms. The number of rotatable bonds is 14. The van der Waals surface area contributed by atoms with Crippen LogP contribution in [0.5, 0.6) is 0 Å². The average molecular weight is 522 g/mol. The standard InChI is InChI=1S/C34H51NO3/c1-4-5-22-35(3)32(38)15-13-11-9-7-6-8-10-12-14-25-23-26-24-27(36)16-17-28(26)29-20-21-34(2)30(33(25)29)18-19-31(34)37/h17-19,25,29-30,33,36H,4-15,20-24H2,1-3H3/t25-,29?,30?,33?,34+/m1/s1. The van der Waals surface area contributed by atoms with Crippen molar-refractivity contribution in [2.75, 3.05) is 13.6 Å². The first-order valence-corrected chi connectivity index (χ1v) is 15.7. The van der Waals surface area contributed by atoms with Gasteiger partial charge in [-0.25, -0.2) is 0 Å². The Balaban J connectivity index is 1.19. The monoisotopic (exact) mass is 521 g/mol. The molecule has 0 aromatic heterocycles. The van der Waals surface area contributed by atoms with Crippen LogP contribution >= 0.6 is 0 Å². The Labute approximate surface area is 231 Å². The second-order valence-electron chi connectivity index (χ2n) is 12.9. The molecule has 4 aliphatic rings. The number of allylic oxidation sites excluding steroid dienone is 4. The van der Waals surface area contributed by atoms with E-state index >= 15 is 0 Å². The lowest BCUT2D eigenvalue weighted by Crippen LogP contribution is -2.47. The van der Waals surface area contributed by atoms with Gasteiger partial charge in [-0.3, -0.25) is 9.59 Å². The normalized spacial score (nSPS) is 29.7. The molecule has 0 aliphatic heterocycles. The van der Waals surface area contributed by atoms with Gasteiger partial charge in [0.05, 0.1) is 0 Å². The number of hydrogen-bond acceptors (Lipinski definition) is 3. The number of carbonyl (C=O) groups is 2. The second-order valence-corrected chi connectivity index (χ2v) is 12.9. The summed E-state index contributed by atoms with van der Waals surface area (Å²) in [5, 5.41) is 10.2. The van der Waals surface area contributed by atoms with E-state index in [0.29, 0.717) is 54.0 Å². The van der Waals surface area contributed by atoms with E-state index in [2.05, 4.69) is 31.7 Å². The van der Waals surface area contributed by atoms with Gasteiger partial charge in [0.15, 0.2) is 5.78 Å². The van der Waals surface area contributed by atoms with E-state index in [4.69, 9.17) is 0 Å². The number of nitrogens with zero attached hydrogens (tertiary/aromatic N) is 1. The molecule has 1 saturated carbocycles. The maximum atomic E-state index is 12.8. The van der Waals surface area contributed by atoms with Gasteiger partial charge in [-0.1, -0.05) is 82.6 Å². The van der Waals surface area contributed by atoms with Crippen LogP contribution in [0.2, 0.25) is 0 Å². The van der Waals surface area contributed by atoms with Crippen LogP contribution in [0.15, 0.2) is 40.9 Å². The fourth-order valence-electron chi connectivity index (χ4n) is 7.86. The van der Waals surface area contributed by atoms with Crippen LogP contribution in [-0.2, 0) is 9.59 Å². The molecular weight excluding hydrogens is 470 g/mol. The fraction of sp³-hybridized carbons (Fsp3) is 0.735. The number of aliphatic hydroxyl groups is 1. The fourth-order valence-corrected chi connectivity index (χ4v) is 7.86. The van der Waals surface area contributed by atoms with Gasteiger partial charge in [0.25, 0.3) is 0 Å². The first-order chi connectivity index (χ1) is 18.3. The zero-order chi connectivity index (χ0) is 27.1. The molecule has 0 saturated heterocycles. The van der Waals surface area contributed by atoms with Crippen LogP contribution < -0.4 is 0 Å². The Hall–Kier alpha value is -2.06. The molecule has 4 aliphatic carbocycles. The minimum atomic E-state index is -0.205. The molecule has 3 unspecified atom stereocenters. The molecule has 4 rings (SSSR count). The molecule has 4 nitrogen and oxygen atoms in total. The molecule has 1 N–H and O–H groups in total. The highest BCUT2D eigenvalue weighted by atomic mass is 16.3. The summed E-state index contributed by atoms with van der Waals surface area (Å²) >= 11 is 0. The molecule has 1 fully saturated rings. The van der Waals surface area contributed by atoms with Crippen LogP contribution in [0.1, 0.15) is 117 Å². The lowest BCUT2D eigenvalue weighted by Gasteiger charge is -2.52. The molecule has 38 heavy (non-hydrogen) atoms.